The fraction of sp³-hybridized carbons (Fsp3) is 0.212. The van der Waals surface area contributed by atoms with Gasteiger partial charge in [0.25, 0.3) is 0 Å². The highest BCUT2D eigenvalue weighted by Gasteiger charge is 2.19. The molecule has 0 saturated carbocycles. The minimum atomic E-state index is -3.26. The standard InChI is InChI=1S/C33H33N3O3S/c1-5-40(38,39)29-17-9-25(10-18-29)21-32(37)34-28-15-13-27(14-16-28)33-35-30-20-23(3)8-19-31(30)36(33)24(4)26-11-6-22(2)7-12-26/h6-20,24H,5,21H2,1-4H3,(H,34,37). The predicted molar refractivity (Wildman–Crippen MR) is 161 cm³/mol. The van der Waals surface area contributed by atoms with E-state index in [0.717, 1.165) is 33.5 Å². The molecule has 0 spiro atoms. The van der Waals surface area contributed by atoms with Crippen LogP contribution in [0.2, 0.25) is 0 Å². The van der Waals surface area contributed by atoms with Crippen molar-refractivity contribution in [3.8, 4) is 11.4 Å². The Kier molecular flexibility index (Phi) is 7.59. The van der Waals surface area contributed by atoms with Crippen LogP contribution in [0.3, 0.4) is 0 Å². The zero-order chi connectivity index (χ0) is 28.4. The second-order valence-electron chi connectivity index (χ2n) is 10.2. The number of sulfone groups is 1. The third-order valence-corrected chi connectivity index (χ3v) is 9.00. The molecule has 0 saturated heterocycles. The van der Waals surface area contributed by atoms with E-state index in [2.05, 4.69) is 73.1 Å². The molecule has 0 fully saturated rings. The molecule has 6 nitrogen and oxygen atoms in total. The van der Waals surface area contributed by atoms with E-state index in [9.17, 15) is 13.2 Å². The number of rotatable bonds is 8. The molecular weight excluding hydrogens is 518 g/mol. The molecule has 0 bridgehead atoms. The number of nitrogens with one attached hydrogen (secondary N) is 1. The van der Waals surface area contributed by atoms with Crippen LogP contribution in [0.5, 0.6) is 0 Å². The molecule has 5 rings (SSSR count). The lowest BCUT2D eigenvalue weighted by Crippen LogP contribution is -2.14. The van der Waals surface area contributed by atoms with Gasteiger partial charge >= 0.3 is 0 Å². The van der Waals surface area contributed by atoms with Gasteiger partial charge in [-0.2, -0.15) is 0 Å². The molecule has 1 N–H and O–H groups in total. The Bertz CT molecular complexity index is 1770. The lowest BCUT2D eigenvalue weighted by molar-refractivity contribution is -0.115. The van der Waals surface area contributed by atoms with Crippen LogP contribution >= 0.6 is 0 Å². The summed E-state index contributed by atoms with van der Waals surface area (Å²) in [5.74, 6) is 0.743. The van der Waals surface area contributed by atoms with Crippen molar-refractivity contribution in [2.75, 3.05) is 11.1 Å². The summed E-state index contributed by atoms with van der Waals surface area (Å²) < 4.78 is 26.3. The Labute approximate surface area is 235 Å². The SMILES string of the molecule is CCS(=O)(=O)c1ccc(CC(=O)Nc2ccc(-c3nc4cc(C)ccc4n3C(C)c3ccc(C)cc3)cc2)cc1. The van der Waals surface area contributed by atoms with Gasteiger partial charge in [0.05, 0.1) is 34.1 Å². The maximum absolute atomic E-state index is 12.7. The highest BCUT2D eigenvalue weighted by Crippen LogP contribution is 2.32. The summed E-state index contributed by atoms with van der Waals surface area (Å²) in [4.78, 5) is 18.0. The first kappa shape index (κ1) is 27.3. The molecule has 1 unspecified atom stereocenters. The quantitative estimate of drug-likeness (QED) is 0.227. The van der Waals surface area contributed by atoms with Crippen molar-refractivity contribution in [3.63, 3.8) is 0 Å². The van der Waals surface area contributed by atoms with Crippen molar-refractivity contribution < 1.29 is 13.2 Å². The number of aromatic nitrogens is 2. The van der Waals surface area contributed by atoms with E-state index in [4.69, 9.17) is 4.98 Å². The third kappa shape index (κ3) is 5.70. The van der Waals surface area contributed by atoms with E-state index < -0.39 is 9.84 Å². The zero-order valence-electron chi connectivity index (χ0n) is 23.2. The Morgan fingerprint density at radius 2 is 1.52 bits per heavy atom. The average molecular weight is 552 g/mol. The van der Waals surface area contributed by atoms with Gasteiger partial charge in [-0.15, -0.1) is 0 Å². The van der Waals surface area contributed by atoms with Gasteiger partial charge < -0.3 is 9.88 Å². The highest BCUT2D eigenvalue weighted by molar-refractivity contribution is 7.91. The van der Waals surface area contributed by atoms with E-state index in [0.29, 0.717) is 5.69 Å². The van der Waals surface area contributed by atoms with Crippen molar-refractivity contribution in [2.45, 2.75) is 45.1 Å². The van der Waals surface area contributed by atoms with Crippen LogP contribution in [0.25, 0.3) is 22.4 Å². The first-order valence-electron chi connectivity index (χ1n) is 13.4. The summed E-state index contributed by atoms with van der Waals surface area (Å²) in [6.07, 6.45) is 0.150. The van der Waals surface area contributed by atoms with Crippen molar-refractivity contribution in [3.05, 3.63) is 113 Å². The number of hydrogen-bond donors (Lipinski definition) is 1. The molecule has 1 aromatic heterocycles. The molecule has 40 heavy (non-hydrogen) atoms. The molecule has 4 aromatic carbocycles. The summed E-state index contributed by atoms with van der Waals surface area (Å²) in [6, 6.07) is 29.2. The molecule has 1 amide bonds. The third-order valence-electron chi connectivity index (χ3n) is 7.25. The van der Waals surface area contributed by atoms with Crippen molar-refractivity contribution in [1.82, 2.24) is 9.55 Å². The normalized spacial score (nSPS) is 12.4. The molecular formula is C33H33N3O3S. The Balaban J connectivity index is 1.38. The van der Waals surface area contributed by atoms with Crippen LogP contribution in [0, 0.1) is 13.8 Å². The number of anilines is 1. The predicted octanol–water partition coefficient (Wildman–Crippen LogP) is 6.90. The zero-order valence-corrected chi connectivity index (χ0v) is 24.0. The molecule has 0 radical (unpaired) electrons. The number of amides is 1. The van der Waals surface area contributed by atoms with Gasteiger partial charge in [-0.05, 0) is 86.0 Å². The molecule has 0 aliphatic rings. The topological polar surface area (TPSA) is 81.1 Å². The molecule has 7 heteroatoms. The summed E-state index contributed by atoms with van der Waals surface area (Å²) in [7, 11) is -3.26. The number of carbonyl (C=O) groups is 1. The minimum absolute atomic E-state index is 0.0452. The second kappa shape index (κ2) is 11.1. The monoisotopic (exact) mass is 551 g/mol. The van der Waals surface area contributed by atoms with Crippen LogP contribution in [-0.4, -0.2) is 29.6 Å². The van der Waals surface area contributed by atoms with Crippen LogP contribution in [0.15, 0.2) is 95.9 Å². The van der Waals surface area contributed by atoms with Crippen molar-refractivity contribution >= 4 is 32.5 Å². The second-order valence-corrected chi connectivity index (χ2v) is 12.5. The molecule has 1 heterocycles. The van der Waals surface area contributed by atoms with Gasteiger partial charge in [-0.25, -0.2) is 13.4 Å². The van der Waals surface area contributed by atoms with Gasteiger partial charge in [0.15, 0.2) is 9.84 Å². The van der Waals surface area contributed by atoms with Crippen LogP contribution in [0.1, 0.15) is 42.1 Å². The highest BCUT2D eigenvalue weighted by atomic mass is 32.2. The maximum Gasteiger partial charge on any atom is 0.228 e. The number of carbonyl (C=O) groups excluding carboxylic acids is 1. The summed E-state index contributed by atoms with van der Waals surface area (Å²) in [5, 5.41) is 2.94. The number of imidazole rings is 1. The number of benzene rings is 4. The number of nitrogens with zero attached hydrogens (tertiary/aromatic N) is 2. The average Bonchev–Trinajstić information content (AvgIpc) is 3.32. The van der Waals surface area contributed by atoms with E-state index in [1.807, 2.05) is 24.3 Å². The summed E-state index contributed by atoms with van der Waals surface area (Å²) in [6.45, 7) is 7.96. The molecule has 0 aliphatic heterocycles. The fourth-order valence-corrected chi connectivity index (χ4v) is 5.76. The van der Waals surface area contributed by atoms with Gasteiger partial charge in [0.2, 0.25) is 5.91 Å². The first-order valence-corrected chi connectivity index (χ1v) is 15.1. The Morgan fingerprint density at radius 1 is 0.875 bits per heavy atom. The van der Waals surface area contributed by atoms with E-state index >= 15 is 0 Å². The molecule has 1 atom stereocenters. The maximum atomic E-state index is 12.7. The van der Waals surface area contributed by atoms with Crippen LogP contribution in [-0.2, 0) is 21.1 Å². The fourth-order valence-electron chi connectivity index (χ4n) is 4.87. The van der Waals surface area contributed by atoms with Crippen molar-refractivity contribution in [1.29, 1.82) is 0 Å². The Hall–Kier alpha value is -4.23. The minimum Gasteiger partial charge on any atom is -0.326 e. The van der Waals surface area contributed by atoms with E-state index in [1.165, 1.54) is 11.1 Å². The molecule has 5 aromatic rings. The summed E-state index contributed by atoms with van der Waals surface area (Å²) >= 11 is 0. The lowest BCUT2D eigenvalue weighted by Gasteiger charge is -2.19. The van der Waals surface area contributed by atoms with Gasteiger partial charge in [-0.3, -0.25) is 4.79 Å². The number of hydrogen-bond acceptors (Lipinski definition) is 4. The van der Waals surface area contributed by atoms with Crippen LogP contribution < -0.4 is 5.32 Å². The van der Waals surface area contributed by atoms with Gasteiger partial charge in [-0.1, -0.05) is 55.0 Å². The van der Waals surface area contributed by atoms with Crippen molar-refractivity contribution in [2.24, 2.45) is 0 Å². The Morgan fingerprint density at radius 3 is 2.17 bits per heavy atom. The molecule has 0 aliphatic carbocycles. The number of aryl methyl sites for hydroxylation is 2. The number of fused-ring (bicyclic) bond motifs is 1. The first-order chi connectivity index (χ1) is 19.1. The lowest BCUT2D eigenvalue weighted by atomic mass is 10.1. The summed E-state index contributed by atoms with van der Waals surface area (Å²) in [5.41, 5.74) is 8.00. The largest absolute Gasteiger partial charge is 0.326 e. The van der Waals surface area contributed by atoms with Gasteiger partial charge in [0, 0.05) is 11.3 Å². The van der Waals surface area contributed by atoms with E-state index in [-0.39, 0.29) is 29.0 Å². The van der Waals surface area contributed by atoms with Crippen LogP contribution in [0.4, 0.5) is 5.69 Å². The molecule has 204 valence electrons. The van der Waals surface area contributed by atoms with E-state index in [1.54, 1.807) is 31.2 Å². The van der Waals surface area contributed by atoms with Gasteiger partial charge in [0.1, 0.15) is 5.82 Å². The smallest absolute Gasteiger partial charge is 0.228 e.